The lowest BCUT2D eigenvalue weighted by molar-refractivity contribution is 0.0316. The Bertz CT molecular complexity index is 1530. The average molecular weight is 519 g/mol. The fourth-order valence-electron chi connectivity index (χ4n) is 6.20. The van der Waals surface area contributed by atoms with Crippen LogP contribution in [0, 0.1) is 19.3 Å². The van der Waals surface area contributed by atoms with Gasteiger partial charge >= 0.3 is 0 Å². The standard InChI is InChI=1S/C33H34N4O2/c1-21-23-9-3-5-13-27(23)34-31-25(21)11-7-15-29(31)36-38-19-33(17-18-33)20-39-37-30-16-8-12-26-22(2)24-10-4-6-14-28(24)35-32(26)30/h3-6,9-10,13-14H,7-8,11-12,15-20H2,1-2H3/b36-29+,37-30+. The summed E-state index contributed by atoms with van der Waals surface area (Å²) < 4.78 is 0. The van der Waals surface area contributed by atoms with E-state index >= 15 is 0 Å². The summed E-state index contributed by atoms with van der Waals surface area (Å²) in [5.74, 6) is 0. The molecule has 39 heavy (non-hydrogen) atoms. The van der Waals surface area contributed by atoms with Crippen LogP contribution >= 0.6 is 0 Å². The number of hydrogen-bond acceptors (Lipinski definition) is 6. The van der Waals surface area contributed by atoms with Gasteiger partial charge in [0.1, 0.15) is 24.6 Å². The highest BCUT2D eigenvalue weighted by atomic mass is 16.6. The molecule has 3 aliphatic rings. The lowest BCUT2D eigenvalue weighted by Crippen LogP contribution is -2.20. The summed E-state index contributed by atoms with van der Waals surface area (Å²) in [4.78, 5) is 21.9. The second-order valence-electron chi connectivity index (χ2n) is 11.5. The van der Waals surface area contributed by atoms with Gasteiger partial charge in [-0.1, -0.05) is 46.7 Å². The maximum Gasteiger partial charge on any atom is 0.126 e. The molecule has 0 atom stereocenters. The van der Waals surface area contributed by atoms with Gasteiger partial charge in [0.25, 0.3) is 0 Å². The SMILES string of the molecule is Cc1c2c(nc3ccccc13)/C(=N/OCC1(CO/N=C3\CCCc4c3nc3ccccc3c4C)CC1)CCC2. The number of fused-ring (bicyclic) bond motifs is 4. The summed E-state index contributed by atoms with van der Waals surface area (Å²) in [6, 6.07) is 16.7. The van der Waals surface area contributed by atoms with Crippen LogP contribution in [-0.2, 0) is 22.5 Å². The van der Waals surface area contributed by atoms with E-state index in [0.717, 1.165) is 85.2 Å². The Kier molecular flexibility index (Phi) is 6.06. The molecule has 0 saturated heterocycles. The van der Waals surface area contributed by atoms with Crippen molar-refractivity contribution in [2.45, 2.75) is 65.2 Å². The van der Waals surface area contributed by atoms with E-state index in [9.17, 15) is 0 Å². The van der Waals surface area contributed by atoms with Crippen LogP contribution in [0.15, 0.2) is 58.8 Å². The van der Waals surface area contributed by atoms with Gasteiger partial charge in [0, 0.05) is 16.2 Å². The molecule has 0 amide bonds. The summed E-state index contributed by atoms with van der Waals surface area (Å²) in [6.07, 6.45) is 8.18. The number of pyridine rings is 2. The Hall–Kier alpha value is -3.80. The number of rotatable bonds is 6. The van der Waals surface area contributed by atoms with Crippen molar-refractivity contribution in [2.75, 3.05) is 13.2 Å². The third kappa shape index (κ3) is 4.46. The molecule has 0 aliphatic heterocycles. The molecule has 0 N–H and O–H groups in total. The van der Waals surface area contributed by atoms with E-state index in [2.05, 4.69) is 60.6 Å². The van der Waals surface area contributed by atoms with Gasteiger partial charge in [-0.3, -0.25) is 0 Å². The molecule has 1 fully saturated rings. The van der Waals surface area contributed by atoms with E-state index in [1.54, 1.807) is 0 Å². The molecule has 1 saturated carbocycles. The quantitative estimate of drug-likeness (QED) is 0.258. The van der Waals surface area contributed by atoms with Crippen LogP contribution in [0.4, 0.5) is 0 Å². The Morgan fingerprint density at radius 1 is 0.667 bits per heavy atom. The molecular weight excluding hydrogens is 484 g/mol. The molecule has 6 heteroatoms. The van der Waals surface area contributed by atoms with Crippen molar-refractivity contribution in [2.24, 2.45) is 15.7 Å². The van der Waals surface area contributed by atoms with Crippen LogP contribution in [0.2, 0.25) is 0 Å². The van der Waals surface area contributed by atoms with Crippen molar-refractivity contribution < 1.29 is 9.68 Å². The summed E-state index contributed by atoms with van der Waals surface area (Å²) in [5, 5.41) is 11.7. The molecule has 4 aromatic rings. The molecule has 2 heterocycles. The topological polar surface area (TPSA) is 69.0 Å². The minimum absolute atomic E-state index is 0.0113. The first-order chi connectivity index (χ1) is 19.1. The summed E-state index contributed by atoms with van der Waals surface area (Å²) >= 11 is 0. The minimum Gasteiger partial charge on any atom is -0.395 e. The number of oxime groups is 2. The Morgan fingerprint density at radius 2 is 1.13 bits per heavy atom. The first kappa shape index (κ1) is 24.3. The molecule has 2 aromatic heterocycles. The molecule has 3 aliphatic carbocycles. The zero-order chi connectivity index (χ0) is 26.4. The van der Waals surface area contributed by atoms with Crippen LogP contribution in [0.1, 0.15) is 72.2 Å². The van der Waals surface area contributed by atoms with Crippen LogP contribution in [0.5, 0.6) is 0 Å². The molecular formula is C33H34N4O2. The fourth-order valence-corrected chi connectivity index (χ4v) is 6.20. The molecule has 0 unspecified atom stereocenters. The zero-order valence-electron chi connectivity index (χ0n) is 22.8. The van der Waals surface area contributed by atoms with Crippen molar-refractivity contribution in [1.82, 2.24) is 9.97 Å². The summed E-state index contributed by atoms with van der Waals surface area (Å²) in [7, 11) is 0. The minimum atomic E-state index is -0.0113. The number of nitrogens with zero attached hydrogens (tertiary/aromatic N) is 4. The lowest BCUT2D eigenvalue weighted by atomic mass is 9.89. The Balaban J connectivity index is 1.04. The second-order valence-corrected chi connectivity index (χ2v) is 11.5. The number of aromatic nitrogens is 2. The van der Waals surface area contributed by atoms with Gasteiger partial charge in [-0.15, -0.1) is 0 Å². The normalized spacial score (nSPS) is 19.7. The zero-order valence-corrected chi connectivity index (χ0v) is 22.8. The summed E-state index contributed by atoms with van der Waals surface area (Å²) in [6.45, 7) is 5.49. The maximum atomic E-state index is 5.98. The van der Waals surface area contributed by atoms with E-state index in [1.165, 1.54) is 33.0 Å². The number of hydrogen-bond donors (Lipinski definition) is 0. The van der Waals surface area contributed by atoms with Gasteiger partial charge < -0.3 is 9.68 Å². The van der Waals surface area contributed by atoms with Crippen LogP contribution in [-0.4, -0.2) is 34.6 Å². The smallest absolute Gasteiger partial charge is 0.126 e. The number of para-hydroxylation sites is 2. The van der Waals surface area contributed by atoms with Crippen molar-refractivity contribution >= 4 is 33.2 Å². The molecule has 6 nitrogen and oxygen atoms in total. The van der Waals surface area contributed by atoms with E-state index in [-0.39, 0.29) is 5.41 Å². The van der Waals surface area contributed by atoms with Gasteiger partial charge in [0.2, 0.25) is 0 Å². The van der Waals surface area contributed by atoms with Crippen molar-refractivity contribution in [1.29, 1.82) is 0 Å². The van der Waals surface area contributed by atoms with Gasteiger partial charge in [-0.05, 0) is 99.6 Å². The predicted octanol–water partition coefficient (Wildman–Crippen LogP) is 6.99. The molecule has 7 rings (SSSR count). The third-order valence-electron chi connectivity index (χ3n) is 8.83. The number of benzene rings is 2. The van der Waals surface area contributed by atoms with Crippen LogP contribution in [0.25, 0.3) is 21.8 Å². The van der Waals surface area contributed by atoms with Crippen molar-refractivity contribution in [3.05, 3.63) is 82.2 Å². The molecule has 2 aromatic carbocycles. The maximum absolute atomic E-state index is 5.98. The van der Waals surface area contributed by atoms with Gasteiger partial charge in [-0.25, -0.2) is 9.97 Å². The molecule has 198 valence electrons. The molecule has 0 spiro atoms. The average Bonchev–Trinajstić information content (AvgIpc) is 3.74. The van der Waals surface area contributed by atoms with E-state index in [1.807, 2.05) is 12.1 Å². The van der Waals surface area contributed by atoms with Gasteiger partial charge in [0.15, 0.2) is 0 Å². The highest BCUT2D eigenvalue weighted by molar-refractivity contribution is 6.04. The monoisotopic (exact) mass is 518 g/mol. The highest BCUT2D eigenvalue weighted by Gasteiger charge is 2.45. The van der Waals surface area contributed by atoms with E-state index < -0.39 is 0 Å². The molecule has 0 bridgehead atoms. The van der Waals surface area contributed by atoms with E-state index in [0.29, 0.717) is 13.2 Å². The summed E-state index contributed by atoms with van der Waals surface area (Å²) in [5.41, 5.74) is 11.2. The van der Waals surface area contributed by atoms with E-state index in [4.69, 9.17) is 19.6 Å². The second kappa shape index (κ2) is 9.74. The van der Waals surface area contributed by atoms with Crippen molar-refractivity contribution in [3.8, 4) is 0 Å². The van der Waals surface area contributed by atoms with Gasteiger partial charge in [-0.2, -0.15) is 0 Å². The molecule has 0 radical (unpaired) electrons. The largest absolute Gasteiger partial charge is 0.395 e. The van der Waals surface area contributed by atoms with Crippen LogP contribution < -0.4 is 0 Å². The third-order valence-corrected chi connectivity index (χ3v) is 8.83. The predicted molar refractivity (Wildman–Crippen MR) is 155 cm³/mol. The van der Waals surface area contributed by atoms with Gasteiger partial charge in [0.05, 0.1) is 22.4 Å². The first-order valence-corrected chi connectivity index (χ1v) is 14.3. The number of aryl methyl sites for hydroxylation is 2. The highest BCUT2D eigenvalue weighted by Crippen LogP contribution is 2.46. The Morgan fingerprint density at radius 3 is 1.59 bits per heavy atom. The first-order valence-electron chi connectivity index (χ1n) is 14.3. The fraction of sp³-hybridized carbons (Fsp3) is 0.394. The van der Waals surface area contributed by atoms with Crippen molar-refractivity contribution in [3.63, 3.8) is 0 Å². The lowest BCUT2D eigenvalue weighted by Gasteiger charge is -2.21. The van der Waals surface area contributed by atoms with Crippen LogP contribution in [0.3, 0.4) is 0 Å². The Labute approximate surface area is 229 Å².